The van der Waals surface area contributed by atoms with Gasteiger partial charge in [-0.15, -0.1) is 0 Å². The van der Waals surface area contributed by atoms with Crippen LogP contribution in [0.5, 0.6) is 0 Å². The van der Waals surface area contributed by atoms with Crippen LogP contribution in [0.15, 0.2) is 30.3 Å². The molecule has 0 aromatic heterocycles. The second kappa shape index (κ2) is 3.98. The maximum atomic E-state index is 5.77. The fourth-order valence-electron chi connectivity index (χ4n) is 1.75. The van der Waals surface area contributed by atoms with Crippen LogP contribution in [0.25, 0.3) is 0 Å². The smallest absolute Gasteiger partial charge is 0.0750 e. The number of ether oxygens (including phenoxy) is 1. The summed E-state index contributed by atoms with van der Waals surface area (Å²) in [5.41, 5.74) is 6.83. The van der Waals surface area contributed by atoms with Crippen LogP contribution in [0.4, 0.5) is 5.69 Å². The van der Waals surface area contributed by atoms with Gasteiger partial charge in [-0.05, 0) is 18.6 Å². The van der Waals surface area contributed by atoms with E-state index in [1.54, 1.807) is 0 Å². The van der Waals surface area contributed by atoms with Crippen LogP contribution in [0, 0.1) is 0 Å². The molecule has 1 aliphatic heterocycles. The van der Waals surface area contributed by atoms with E-state index in [2.05, 4.69) is 17.4 Å². The molecule has 76 valence electrons. The van der Waals surface area contributed by atoms with Crippen LogP contribution >= 0.6 is 0 Å². The zero-order valence-corrected chi connectivity index (χ0v) is 8.20. The van der Waals surface area contributed by atoms with Crippen molar-refractivity contribution in [2.75, 3.05) is 25.1 Å². The summed E-state index contributed by atoms with van der Waals surface area (Å²) < 4.78 is 5.38. The van der Waals surface area contributed by atoms with E-state index < -0.39 is 0 Å². The number of rotatable bonds is 3. The van der Waals surface area contributed by atoms with Gasteiger partial charge >= 0.3 is 0 Å². The number of nitrogens with one attached hydrogen (secondary N) is 1. The van der Waals surface area contributed by atoms with Crippen molar-refractivity contribution in [3.05, 3.63) is 30.3 Å². The first kappa shape index (κ1) is 9.49. The minimum Gasteiger partial charge on any atom is -0.379 e. The Morgan fingerprint density at radius 1 is 1.36 bits per heavy atom. The van der Waals surface area contributed by atoms with Crippen LogP contribution in [-0.4, -0.2) is 25.3 Å². The van der Waals surface area contributed by atoms with Crippen LogP contribution in [0.3, 0.4) is 0 Å². The minimum absolute atomic E-state index is 0.0542. The molecule has 3 N–H and O–H groups in total. The summed E-state index contributed by atoms with van der Waals surface area (Å²) >= 11 is 0. The SMILES string of the molecule is NC[C@]1(Nc2ccccc2)CCOC1. The van der Waals surface area contributed by atoms with Crippen LogP contribution in [0.2, 0.25) is 0 Å². The van der Waals surface area contributed by atoms with Crippen molar-refractivity contribution >= 4 is 5.69 Å². The lowest BCUT2D eigenvalue weighted by atomic mass is 9.98. The summed E-state index contributed by atoms with van der Waals surface area (Å²) in [5, 5.41) is 3.45. The molecule has 0 saturated carbocycles. The molecule has 1 saturated heterocycles. The number of anilines is 1. The lowest BCUT2D eigenvalue weighted by molar-refractivity contribution is 0.183. The van der Waals surface area contributed by atoms with Crippen molar-refractivity contribution in [2.24, 2.45) is 5.73 Å². The van der Waals surface area contributed by atoms with Crippen molar-refractivity contribution in [1.29, 1.82) is 0 Å². The highest BCUT2D eigenvalue weighted by molar-refractivity contribution is 5.45. The van der Waals surface area contributed by atoms with Crippen molar-refractivity contribution in [3.8, 4) is 0 Å². The number of hydrogen-bond donors (Lipinski definition) is 2. The standard InChI is InChI=1S/C11H16N2O/c12-8-11(6-7-14-9-11)13-10-4-2-1-3-5-10/h1-5,13H,6-9,12H2/t11-/m1/s1. The highest BCUT2D eigenvalue weighted by Crippen LogP contribution is 2.22. The van der Waals surface area contributed by atoms with E-state index in [0.717, 1.165) is 18.7 Å². The lowest BCUT2D eigenvalue weighted by Crippen LogP contribution is -2.46. The predicted molar refractivity (Wildman–Crippen MR) is 57.3 cm³/mol. The fourth-order valence-corrected chi connectivity index (χ4v) is 1.75. The molecule has 0 bridgehead atoms. The third-order valence-corrected chi connectivity index (χ3v) is 2.68. The summed E-state index contributed by atoms with van der Waals surface area (Å²) in [5.74, 6) is 0. The van der Waals surface area contributed by atoms with Crippen molar-refractivity contribution in [2.45, 2.75) is 12.0 Å². The molecule has 1 aromatic carbocycles. The Morgan fingerprint density at radius 3 is 2.71 bits per heavy atom. The van der Waals surface area contributed by atoms with Crippen LogP contribution in [-0.2, 0) is 4.74 Å². The molecule has 0 unspecified atom stereocenters. The average molecular weight is 192 g/mol. The summed E-state index contributed by atoms with van der Waals surface area (Å²) in [4.78, 5) is 0. The molecule has 0 aliphatic carbocycles. The summed E-state index contributed by atoms with van der Waals surface area (Å²) in [6, 6.07) is 10.1. The third-order valence-electron chi connectivity index (χ3n) is 2.68. The van der Waals surface area contributed by atoms with E-state index in [0.29, 0.717) is 13.2 Å². The molecule has 1 atom stereocenters. The Labute approximate surface area is 84.3 Å². The number of nitrogens with two attached hydrogens (primary N) is 1. The van der Waals surface area contributed by atoms with Gasteiger partial charge in [0.25, 0.3) is 0 Å². The van der Waals surface area contributed by atoms with Gasteiger partial charge in [-0.1, -0.05) is 18.2 Å². The monoisotopic (exact) mass is 192 g/mol. The van der Waals surface area contributed by atoms with E-state index in [1.165, 1.54) is 0 Å². The minimum atomic E-state index is -0.0542. The van der Waals surface area contributed by atoms with E-state index >= 15 is 0 Å². The van der Waals surface area contributed by atoms with Crippen molar-refractivity contribution in [3.63, 3.8) is 0 Å². The van der Waals surface area contributed by atoms with Crippen molar-refractivity contribution < 1.29 is 4.74 Å². The average Bonchev–Trinajstić information content (AvgIpc) is 2.69. The lowest BCUT2D eigenvalue weighted by Gasteiger charge is -2.28. The predicted octanol–water partition coefficient (Wildman–Crippen LogP) is 1.22. The topological polar surface area (TPSA) is 47.3 Å². The van der Waals surface area contributed by atoms with Crippen LogP contribution < -0.4 is 11.1 Å². The zero-order chi connectivity index (χ0) is 9.86. The highest BCUT2D eigenvalue weighted by atomic mass is 16.5. The second-order valence-electron chi connectivity index (χ2n) is 3.78. The van der Waals surface area contributed by atoms with Gasteiger partial charge in [0.05, 0.1) is 12.1 Å². The van der Waals surface area contributed by atoms with E-state index in [4.69, 9.17) is 10.5 Å². The Bertz CT molecular complexity index is 281. The molecule has 2 rings (SSSR count). The van der Waals surface area contributed by atoms with E-state index in [-0.39, 0.29) is 5.54 Å². The molecule has 0 spiro atoms. The highest BCUT2D eigenvalue weighted by Gasteiger charge is 2.33. The number of para-hydroxylation sites is 1. The summed E-state index contributed by atoms with van der Waals surface area (Å²) in [6.45, 7) is 2.12. The third kappa shape index (κ3) is 1.89. The Hall–Kier alpha value is -1.06. The van der Waals surface area contributed by atoms with Gasteiger partial charge in [0.1, 0.15) is 0 Å². The van der Waals surface area contributed by atoms with Crippen LogP contribution in [0.1, 0.15) is 6.42 Å². The van der Waals surface area contributed by atoms with Gasteiger partial charge in [-0.25, -0.2) is 0 Å². The Balaban J connectivity index is 2.08. The van der Waals surface area contributed by atoms with Gasteiger partial charge in [0, 0.05) is 18.8 Å². The molecule has 1 fully saturated rings. The molecule has 3 nitrogen and oxygen atoms in total. The first-order valence-electron chi connectivity index (χ1n) is 4.96. The maximum Gasteiger partial charge on any atom is 0.0750 e. The normalized spacial score (nSPS) is 26.4. The van der Waals surface area contributed by atoms with Crippen molar-refractivity contribution in [1.82, 2.24) is 0 Å². The first-order chi connectivity index (χ1) is 6.85. The molecule has 0 amide bonds. The van der Waals surface area contributed by atoms with Gasteiger partial charge in [0.2, 0.25) is 0 Å². The van der Waals surface area contributed by atoms with Gasteiger partial charge < -0.3 is 15.8 Å². The molecule has 3 heteroatoms. The zero-order valence-electron chi connectivity index (χ0n) is 8.20. The Morgan fingerprint density at radius 2 is 2.14 bits per heavy atom. The maximum absolute atomic E-state index is 5.77. The van der Waals surface area contributed by atoms with Gasteiger partial charge in [-0.2, -0.15) is 0 Å². The summed E-state index contributed by atoms with van der Waals surface area (Å²) in [6.07, 6.45) is 0.985. The van der Waals surface area contributed by atoms with E-state index in [1.807, 2.05) is 18.2 Å². The van der Waals surface area contributed by atoms with Gasteiger partial charge in [-0.3, -0.25) is 0 Å². The molecule has 1 heterocycles. The molecular weight excluding hydrogens is 176 g/mol. The number of hydrogen-bond acceptors (Lipinski definition) is 3. The van der Waals surface area contributed by atoms with E-state index in [9.17, 15) is 0 Å². The Kier molecular flexibility index (Phi) is 2.70. The number of benzene rings is 1. The largest absolute Gasteiger partial charge is 0.379 e. The molecule has 1 aromatic rings. The molecule has 0 radical (unpaired) electrons. The molecular formula is C11H16N2O. The van der Waals surface area contributed by atoms with Gasteiger partial charge in [0.15, 0.2) is 0 Å². The second-order valence-corrected chi connectivity index (χ2v) is 3.78. The fraction of sp³-hybridized carbons (Fsp3) is 0.455. The summed E-state index contributed by atoms with van der Waals surface area (Å²) in [7, 11) is 0. The molecule has 1 aliphatic rings. The molecule has 14 heavy (non-hydrogen) atoms. The quantitative estimate of drug-likeness (QED) is 0.757. The first-order valence-corrected chi connectivity index (χ1v) is 4.96.